The molecule has 5 heteroatoms. The topological polar surface area (TPSA) is 59.6 Å². The fourth-order valence-corrected chi connectivity index (χ4v) is 1.11. The molecule has 0 rings (SSSR count). The van der Waals surface area contributed by atoms with Gasteiger partial charge in [0.2, 0.25) is 0 Å². The number of rotatable bonds is 6. The van der Waals surface area contributed by atoms with Crippen LogP contribution in [0.5, 0.6) is 0 Å². The van der Waals surface area contributed by atoms with E-state index in [1.54, 1.807) is 7.11 Å². The summed E-state index contributed by atoms with van der Waals surface area (Å²) >= 11 is 0. The maximum Gasteiger partial charge on any atom is 0.407 e. The minimum Gasteiger partial charge on any atom is -0.444 e. The highest BCUT2D eigenvalue weighted by molar-refractivity contribution is 5.67. The third kappa shape index (κ3) is 9.24. The lowest BCUT2D eigenvalue weighted by Gasteiger charge is -2.26. The van der Waals surface area contributed by atoms with Crippen molar-refractivity contribution in [2.75, 3.05) is 20.2 Å². The van der Waals surface area contributed by atoms with Crippen molar-refractivity contribution in [3.8, 4) is 0 Å². The van der Waals surface area contributed by atoms with Gasteiger partial charge in [-0.3, -0.25) is 0 Å². The largest absolute Gasteiger partial charge is 0.444 e. The lowest BCUT2D eigenvalue weighted by molar-refractivity contribution is 0.0213. The quantitative estimate of drug-likeness (QED) is 0.766. The van der Waals surface area contributed by atoms with Gasteiger partial charge in [0, 0.05) is 26.2 Å². The smallest absolute Gasteiger partial charge is 0.407 e. The average Bonchev–Trinajstić information content (AvgIpc) is 2.21. The van der Waals surface area contributed by atoms with Crippen LogP contribution in [0.15, 0.2) is 0 Å². The van der Waals surface area contributed by atoms with Crippen LogP contribution in [0.1, 0.15) is 41.5 Å². The van der Waals surface area contributed by atoms with E-state index in [0.29, 0.717) is 6.54 Å². The predicted molar refractivity (Wildman–Crippen MR) is 72.8 cm³/mol. The normalized spacial score (nSPS) is 14.2. The Kier molecular flexibility index (Phi) is 6.63. The fourth-order valence-electron chi connectivity index (χ4n) is 1.11. The predicted octanol–water partition coefficient (Wildman–Crippen LogP) is 1.91. The van der Waals surface area contributed by atoms with Crippen LogP contribution in [-0.4, -0.2) is 43.5 Å². The first kappa shape index (κ1) is 17.2. The zero-order chi connectivity index (χ0) is 14.4. The summed E-state index contributed by atoms with van der Waals surface area (Å²) in [6.45, 7) is 12.8. The summed E-state index contributed by atoms with van der Waals surface area (Å²) in [5.74, 6) is 0. The standard InChI is InChI=1S/C13H28N2O3/c1-10(15-9-13(5,6)17-7)8-14-11(16)18-12(2,3)4/h10,15H,8-9H2,1-7H3,(H,14,16). The zero-order valence-electron chi connectivity index (χ0n) is 12.7. The molecule has 0 aromatic carbocycles. The van der Waals surface area contributed by atoms with E-state index < -0.39 is 5.60 Å². The van der Waals surface area contributed by atoms with Crippen LogP contribution in [-0.2, 0) is 9.47 Å². The molecule has 18 heavy (non-hydrogen) atoms. The molecule has 0 saturated heterocycles. The molecule has 108 valence electrons. The molecule has 0 aromatic rings. The Morgan fingerprint density at radius 1 is 1.22 bits per heavy atom. The monoisotopic (exact) mass is 260 g/mol. The van der Waals surface area contributed by atoms with Gasteiger partial charge in [-0.1, -0.05) is 0 Å². The Labute approximate surface area is 111 Å². The van der Waals surface area contributed by atoms with Gasteiger partial charge >= 0.3 is 6.09 Å². The van der Waals surface area contributed by atoms with Crippen molar-refractivity contribution in [3.05, 3.63) is 0 Å². The molecule has 5 nitrogen and oxygen atoms in total. The lowest BCUT2D eigenvalue weighted by atomic mass is 10.1. The maximum atomic E-state index is 11.4. The van der Waals surface area contributed by atoms with E-state index in [2.05, 4.69) is 10.6 Å². The second-order valence-corrected chi connectivity index (χ2v) is 6.13. The molecule has 0 aliphatic heterocycles. The molecule has 0 fully saturated rings. The first-order valence-electron chi connectivity index (χ1n) is 6.31. The number of ether oxygens (including phenoxy) is 2. The van der Waals surface area contributed by atoms with E-state index in [1.807, 2.05) is 41.5 Å². The van der Waals surface area contributed by atoms with Gasteiger partial charge in [-0.05, 0) is 41.5 Å². The van der Waals surface area contributed by atoms with E-state index in [0.717, 1.165) is 6.54 Å². The molecule has 2 N–H and O–H groups in total. The Morgan fingerprint density at radius 2 is 1.78 bits per heavy atom. The van der Waals surface area contributed by atoms with Crippen molar-refractivity contribution < 1.29 is 14.3 Å². The van der Waals surface area contributed by atoms with Crippen molar-refractivity contribution in [1.82, 2.24) is 10.6 Å². The van der Waals surface area contributed by atoms with E-state index >= 15 is 0 Å². The van der Waals surface area contributed by atoms with Crippen molar-refractivity contribution >= 4 is 6.09 Å². The second kappa shape index (κ2) is 6.95. The number of carbonyl (C=O) groups is 1. The van der Waals surface area contributed by atoms with Crippen LogP contribution in [0.3, 0.4) is 0 Å². The first-order chi connectivity index (χ1) is 8.06. The van der Waals surface area contributed by atoms with Crippen LogP contribution >= 0.6 is 0 Å². The fraction of sp³-hybridized carbons (Fsp3) is 0.923. The van der Waals surface area contributed by atoms with Gasteiger partial charge in [-0.15, -0.1) is 0 Å². The van der Waals surface area contributed by atoms with E-state index in [1.165, 1.54) is 0 Å². The third-order valence-electron chi connectivity index (χ3n) is 2.38. The summed E-state index contributed by atoms with van der Waals surface area (Å²) in [6.07, 6.45) is -0.387. The molecule has 1 atom stereocenters. The minimum absolute atomic E-state index is 0.159. The van der Waals surface area contributed by atoms with Crippen LogP contribution < -0.4 is 10.6 Å². The number of methoxy groups -OCH3 is 1. The van der Waals surface area contributed by atoms with Crippen molar-refractivity contribution in [2.45, 2.75) is 58.8 Å². The molecule has 1 unspecified atom stereocenters. The van der Waals surface area contributed by atoms with Gasteiger partial charge in [-0.25, -0.2) is 4.79 Å². The molecule has 0 heterocycles. The molecule has 0 bridgehead atoms. The van der Waals surface area contributed by atoms with Gasteiger partial charge in [-0.2, -0.15) is 0 Å². The Balaban J connectivity index is 3.84. The minimum atomic E-state index is -0.460. The number of amides is 1. The number of hydrogen-bond acceptors (Lipinski definition) is 4. The molecule has 0 radical (unpaired) electrons. The van der Waals surface area contributed by atoms with Crippen LogP contribution in [0.25, 0.3) is 0 Å². The molecule has 0 spiro atoms. The Hall–Kier alpha value is -0.810. The summed E-state index contributed by atoms with van der Waals surface area (Å²) in [7, 11) is 1.69. The number of nitrogens with one attached hydrogen (secondary N) is 2. The van der Waals surface area contributed by atoms with E-state index in [-0.39, 0.29) is 17.7 Å². The van der Waals surface area contributed by atoms with Gasteiger partial charge < -0.3 is 20.1 Å². The van der Waals surface area contributed by atoms with E-state index in [4.69, 9.17) is 9.47 Å². The van der Waals surface area contributed by atoms with E-state index in [9.17, 15) is 4.79 Å². The van der Waals surface area contributed by atoms with Crippen LogP contribution in [0.4, 0.5) is 4.79 Å². The summed E-state index contributed by atoms with van der Waals surface area (Å²) in [5, 5.41) is 6.03. The lowest BCUT2D eigenvalue weighted by Crippen LogP contribution is -2.46. The summed E-state index contributed by atoms with van der Waals surface area (Å²) in [4.78, 5) is 11.4. The molecule has 0 aromatic heterocycles. The zero-order valence-corrected chi connectivity index (χ0v) is 12.7. The molecule has 1 amide bonds. The van der Waals surface area contributed by atoms with Gasteiger partial charge in [0.25, 0.3) is 0 Å². The highest BCUT2D eigenvalue weighted by Crippen LogP contribution is 2.07. The maximum absolute atomic E-state index is 11.4. The van der Waals surface area contributed by atoms with Crippen molar-refractivity contribution in [2.24, 2.45) is 0 Å². The summed E-state index contributed by atoms with van der Waals surface area (Å²) in [6, 6.07) is 0.159. The number of hydrogen-bond donors (Lipinski definition) is 2. The molecule has 0 saturated carbocycles. The average molecular weight is 260 g/mol. The molecule has 0 aliphatic rings. The number of alkyl carbamates (subject to hydrolysis) is 1. The third-order valence-corrected chi connectivity index (χ3v) is 2.38. The molecular weight excluding hydrogens is 232 g/mol. The van der Waals surface area contributed by atoms with Gasteiger partial charge in [0.1, 0.15) is 5.60 Å². The highest BCUT2D eigenvalue weighted by Gasteiger charge is 2.18. The first-order valence-corrected chi connectivity index (χ1v) is 6.31. The molecular formula is C13H28N2O3. The Bertz CT molecular complexity index is 259. The molecule has 0 aliphatic carbocycles. The summed E-state index contributed by atoms with van der Waals surface area (Å²) in [5.41, 5.74) is -0.668. The highest BCUT2D eigenvalue weighted by atomic mass is 16.6. The Morgan fingerprint density at radius 3 is 2.22 bits per heavy atom. The van der Waals surface area contributed by atoms with Crippen LogP contribution in [0.2, 0.25) is 0 Å². The number of carbonyl (C=O) groups excluding carboxylic acids is 1. The SMILES string of the molecule is COC(C)(C)CNC(C)CNC(=O)OC(C)(C)C. The summed E-state index contributed by atoms with van der Waals surface area (Å²) < 4.78 is 10.5. The van der Waals surface area contributed by atoms with Crippen LogP contribution in [0, 0.1) is 0 Å². The van der Waals surface area contributed by atoms with Crippen molar-refractivity contribution in [1.29, 1.82) is 0 Å². The second-order valence-electron chi connectivity index (χ2n) is 6.13. The van der Waals surface area contributed by atoms with Crippen molar-refractivity contribution in [3.63, 3.8) is 0 Å². The van der Waals surface area contributed by atoms with Gasteiger partial charge in [0.05, 0.1) is 5.60 Å². The van der Waals surface area contributed by atoms with Gasteiger partial charge in [0.15, 0.2) is 0 Å².